The van der Waals surface area contributed by atoms with Crippen molar-refractivity contribution in [1.29, 1.82) is 0 Å². The molecule has 3 aromatic rings. The zero-order chi connectivity index (χ0) is 19.6. The first-order valence-corrected chi connectivity index (χ1v) is 9.09. The molecular formula is C22H22ClN3O. The first kappa shape index (κ1) is 18.9. The van der Waals surface area contributed by atoms with Crippen LogP contribution in [0.5, 0.6) is 0 Å². The lowest BCUT2D eigenvalue weighted by Crippen LogP contribution is -2.17. The average Bonchev–Trinajstić information content (AvgIpc) is 2.88. The molecule has 2 aromatic carbocycles. The number of rotatable bonds is 4. The van der Waals surface area contributed by atoms with E-state index in [1.165, 1.54) is 11.1 Å². The molecule has 0 aliphatic rings. The quantitative estimate of drug-likeness (QED) is 0.495. The van der Waals surface area contributed by atoms with Gasteiger partial charge < -0.3 is 4.57 Å². The summed E-state index contributed by atoms with van der Waals surface area (Å²) in [5.41, 5.74) is 9.80. The molecule has 0 saturated carbocycles. The van der Waals surface area contributed by atoms with Gasteiger partial charge in [-0.1, -0.05) is 17.7 Å². The number of carbonyl (C=O) groups is 1. The fourth-order valence-electron chi connectivity index (χ4n) is 3.22. The van der Waals surface area contributed by atoms with Crippen LogP contribution in [-0.4, -0.2) is 16.7 Å². The molecule has 3 rings (SSSR count). The third kappa shape index (κ3) is 4.29. The molecule has 0 unspecified atom stereocenters. The normalized spacial score (nSPS) is 11.1. The van der Waals surface area contributed by atoms with Crippen LogP contribution >= 0.6 is 11.6 Å². The minimum atomic E-state index is -0.272. The Hall–Kier alpha value is -2.85. The van der Waals surface area contributed by atoms with Crippen LogP contribution < -0.4 is 5.43 Å². The number of aryl methyl sites for hydroxylation is 3. The predicted octanol–water partition coefficient (Wildman–Crippen LogP) is 5.13. The maximum atomic E-state index is 12.1. The highest BCUT2D eigenvalue weighted by atomic mass is 35.5. The van der Waals surface area contributed by atoms with E-state index < -0.39 is 0 Å². The van der Waals surface area contributed by atoms with E-state index in [9.17, 15) is 4.79 Å². The molecule has 27 heavy (non-hydrogen) atoms. The standard InChI is InChI=1S/C22H22ClN3O/c1-14-9-15(2)11-21(10-14)26-16(3)12-19(17(26)4)13-24-25-22(27)18-5-7-20(23)8-6-18/h5-13H,1-4H3,(H,25,27)/b24-13-. The van der Waals surface area contributed by atoms with Crippen molar-refractivity contribution in [2.24, 2.45) is 5.10 Å². The van der Waals surface area contributed by atoms with Gasteiger partial charge in [-0.25, -0.2) is 5.43 Å². The van der Waals surface area contributed by atoms with Crippen molar-refractivity contribution in [2.45, 2.75) is 27.7 Å². The molecule has 1 heterocycles. The summed E-state index contributed by atoms with van der Waals surface area (Å²) in [4.78, 5) is 12.1. The lowest BCUT2D eigenvalue weighted by Gasteiger charge is -2.11. The third-order valence-electron chi connectivity index (χ3n) is 4.41. The monoisotopic (exact) mass is 379 g/mol. The number of nitrogens with zero attached hydrogens (tertiary/aromatic N) is 2. The van der Waals surface area contributed by atoms with Crippen molar-refractivity contribution in [3.63, 3.8) is 0 Å². The Morgan fingerprint density at radius 3 is 2.26 bits per heavy atom. The van der Waals surface area contributed by atoms with Gasteiger partial charge >= 0.3 is 0 Å². The van der Waals surface area contributed by atoms with E-state index >= 15 is 0 Å². The van der Waals surface area contributed by atoms with Crippen molar-refractivity contribution in [3.8, 4) is 5.69 Å². The van der Waals surface area contributed by atoms with E-state index in [0.29, 0.717) is 10.6 Å². The Labute approximate surface area is 164 Å². The molecule has 0 fully saturated rings. The van der Waals surface area contributed by atoms with Gasteiger partial charge in [0.15, 0.2) is 0 Å². The Bertz CT molecular complexity index is 997. The van der Waals surface area contributed by atoms with Crippen molar-refractivity contribution in [3.05, 3.63) is 87.2 Å². The lowest BCUT2D eigenvalue weighted by molar-refractivity contribution is 0.0955. The fourth-order valence-corrected chi connectivity index (χ4v) is 3.35. The van der Waals surface area contributed by atoms with Gasteiger partial charge in [0.25, 0.3) is 5.91 Å². The van der Waals surface area contributed by atoms with Crippen LogP contribution in [-0.2, 0) is 0 Å². The number of benzene rings is 2. The zero-order valence-corrected chi connectivity index (χ0v) is 16.6. The van der Waals surface area contributed by atoms with Crippen molar-refractivity contribution in [1.82, 2.24) is 9.99 Å². The molecule has 0 aliphatic heterocycles. The Morgan fingerprint density at radius 1 is 1.00 bits per heavy atom. The van der Waals surface area contributed by atoms with Crippen LogP contribution in [0, 0.1) is 27.7 Å². The van der Waals surface area contributed by atoms with Crippen LogP contribution in [0.4, 0.5) is 0 Å². The molecule has 1 amide bonds. The highest BCUT2D eigenvalue weighted by Crippen LogP contribution is 2.21. The minimum absolute atomic E-state index is 0.272. The van der Waals surface area contributed by atoms with Gasteiger partial charge in [0, 0.05) is 33.2 Å². The summed E-state index contributed by atoms with van der Waals surface area (Å²) in [6, 6.07) is 15.2. The van der Waals surface area contributed by atoms with E-state index in [4.69, 9.17) is 11.6 Å². The largest absolute Gasteiger partial charge is 0.318 e. The number of nitrogens with one attached hydrogen (secondary N) is 1. The van der Waals surface area contributed by atoms with Crippen molar-refractivity contribution in [2.75, 3.05) is 0 Å². The summed E-state index contributed by atoms with van der Waals surface area (Å²) in [6.07, 6.45) is 1.68. The SMILES string of the molecule is Cc1cc(C)cc(-n2c(C)cc(/C=N\NC(=O)c3ccc(Cl)cc3)c2C)c1. The van der Waals surface area contributed by atoms with Crippen LogP contribution in [0.1, 0.15) is 38.4 Å². The Morgan fingerprint density at radius 2 is 1.63 bits per heavy atom. The average molecular weight is 380 g/mol. The number of aromatic nitrogens is 1. The van der Waals surface area contributed by atoms with Crippen molar-refractivity contribution < 1.29 is 4.79 Å². The highest BCUT2D eigenvalue weighted by Gasteiger charge is 2.10. The summed E-state index contributed by atoms with van der Waals surface area (Å²) in [6.45, 7) is 8.31. The van der Waals surface area contributed by atoms with E-state index in [1.807, 2.05) is 6.92 Å². The molecule has 0 spiro atoms. The number of hydrazone groups is 1. The minimum Gasteiger partial charge on any atom is -0.318 e. The van der Waals surface area contributed by atoms with Gasteiger partial charge in [0.2, 0.25) is 0 Å². The Balaban J connectivity index is 1.81. The molecule has 0 saturated heterocycles. The second kappa shape index (κ2) is 7.80. The number of hydrogen-bond donors (Lipinski definition) is 1. The van der Waals surface area contributed by atoms with Gasteiger partial charge in [0.05, 0.1) is 6.21 Å². The van der Waals surface area contributed by atoms with Crippen LogP contribution in [0.2, 0.25) is 5.02 Å². The van der Waals surface area contributed by atoms with Crippen LogP contribution in [0.15, 0.2) is 53.6 Å². The summed E-state index contributed by atoms with van der Waals surface area (Å²) in [7, 11) is 0. The van der Waals surface area contributed by atoms with E-state index in [0.717, 1.165) is 22.6 Å². The summed E-state index contributed by atoms with van der Waals surface area (Å²) in [5, 5.41) is 4.71. The third-order valence-corrected chi connectivity index (χ3v) is 4.66. The highest BCUT2D eigenvalue weighted by molar-refractivity contribution is 6.30. The molecule has 1 aromatic heterocycles. The van der Waals surface area contributed by atoms with Gasteiger partial charge in [-0.15, -0.1) is 0 Å². The zero-order valence-electron chi connectivity index (χ0n) is 15.9. The number of hydrogen-bond acceptors (Lipinski definition) is 2. The maximum absolute atomic E-state index is 12.1. The molecule has 5 heteroatoms. The Kier molecular flexibility index (Phi) is 5.47. The molecule has 0 radical (unpaired) electrons. The maximum Gasteiger partial charge on any atom is 0.271 e. The molecular weight excluding hydrogens is 358 g/mol. The van der Waals surface area contributed by atoms with Gasteiger partial charge in [-0.2, -0.15) is 5.10 Å². The molecule has 0 atom stereocenters. The molecule has 4 nitrogen and oxygen atoms in total. The van der Waals surface area contributed by atoms with Crippen LogP contribution in [0.25, 0.3) is 5.69 Å². The molecule has 138 valence electrons. The molecule has 0 bridgehead atoms. The second-order valence-corrected chi connectivity index (χ2v) is 7.15. The molecule has 1 N–H and O–H groups in total. The number of amides is 1. The first-order valence-electron chi connectivity index (χ1n) is 8.72. The predicted molar refractivity (Wildman–Crippen MR) is 111 cm³/mol. The summed E-state index contributed by atoms with van der Waals surface area (Å²) < 4.78 is 2.20. The smallest absolute Gasteiger partial charge is 0.271 e. The molecule has 0 aliphatic carbocycles. The lowest BCUT2D eigenvalue weighted by atomic mass is 10.1. The van der Waals surface area contributed by atoms with E-state index in [2.05, 4.69) is 60.1 Å². The van der Waals surface area contributed by atoms with Gasteiger partial charge in [-0.05, 0) is 81.3 Å². The number of carbonyl (C=O) groups excluding carboxylic acids is 1. The topological polar surface area (TPSA) is 46.4 Å². The summed E-state index contributed by atoms with van der Waals surface area (Å²) >= 11 is 5.84. The first-order chi connectivity index (χ1) is 12.8. The van der Waals surface area contributed by atoms with Crippen LogP contribution in [0.3, 0.4) is 0 Å². The van der Waals surface area contributed by atoms with Gasteiger partial charge in [-0.3, -0.25) is 4.79 Å². The van der Waals surface area contributed by atoms with Crippen molar-refractivity contribution >= 4 is 23.7 Å². The van der Waals surface area contributed by atoms with E-state index in [-0.39, 0.29) is 5.91 Å². The van der Waals surface area contributed by atoms with Gasteiger partial charge in [0.1, 0.15) is 0 Å². The number of halogens is 1. The van der Waals surface area contributed by atoms with E-state index in [1.54, 1.807) is 30.5 Å². The fraction of sp³-hybridized carbons (Fsp3) is 0.182. The summed E-state index contributed by atoms with van der Waals surface area (Å²) in [5.74, 6) is -0.272. The second-order valence-electron chi connectivity index (χ2n) is 6.71.